The predicted molar refractivity (Wildman–Crippen MR) is 76.3 cm³/mol. The predicted octanol–water partition coefficient (Wildman–Crippen LogP) is 3.28. The number of hydrogen-bond donors (Lipinski definition) is 1. The number of halogens is 1. The summed E-state index contributed by atoms with van der Waals surface area (Å²) < 4.78 is 1.31. The second-order valence-corrected chi connectivity index (χ2v) is 6.32. The first-order valence-electron chi connectivity index (χ1n) is 5.40. The monoisotopic (exact) mass is 333 g/mol. The van der Waals surface area contributed by atoms with Crippen LogP contribution in [0.1, 0.15) is 18.4 Å². The highest BCUT2D eigenvalue weighted by atomic mass is 127. The fourth-order valence-electron chi connectivity index (χ4n) is 1.77. The highest BCUT2D eigenvalue weighted by Gasteiger charge is 2.12. The summed E-state index contributed by atoms with van der Waals surface area (Å²) in [6, 6.07) is 9.50. The summed E-state index contributed by atoms with van der Waals surface area (Å²) >= 11 is 4.42. The average Bonchev–Trinajstić information content (AvgIpc) is 2.30. The molecule has 1 heterocycles. The molecule has 0 spiro atoms. The van der Waals surface area contributed by atoms with Gasteiger partial charge in [0, 0.05) is 21.9 Å². The van der Waals surface area contributed by atoms with Crippen LogP contribution in [0.4, 0.5) is 0 Å². The van der Waals surface area contributed by atoms with E-state index in [9.17, 15) is 0 Å². The van der Waals surface area contributed by atoms with Gasteiger partial charge in [0.1, 0.15) is 0 Å². The molecule has 1 aromatic rings. The Hall–Kier alpha value is 0.260. The Balaban J connectivity index is 1.79. The SMILES string of the molecule is Ic1ccc(CNC2CCCSC2)cc1. The Labute approximate surface area is 110 Å². The van der Waals surface area contributed by atoms with Crippen LogP contribution in [0.15, 0.2) is 24.3 Å². The molecule has 1 saturated heterocycles. The molecule has 15 heavy (non-hydrogen) atoms. The van der Waals surface area contributed by atoms with Gasteiger partial charge in [0.15, 0.2) is 0 Å². The standard InChI is InChI=1S/C12H16INS/c13-11-5-3-10(4-6-11)8-14-12-2-1-7-15-9-12/h3-6,12,14H,1-2,7-9H2. The van der Waals surface area contributed by atoms with Crippen LogP contribution >= 0.6 is 34.4 Å². The molecular formula is C12H16INS. The molecule has 0 aromatic heterocycles. The quantitative estimate of drug-likeness (QED) is 0.852. The molecule has 1 nitrogen and oxygen atoms in total. The van der Waals surface area contributed by atoms with E-state index in [1.165, 1.54) is 33.5 Å². The molecule has 1 aromatic carbocycles. The van der Waals surface area contributed by atoms with E-state index in [1.807, 2.05) is 0 Å². The molecule has 1 atom stereocenters. The third-order valence-electron chi connectivity index (χ3n) is 2.67. The van der Waals surface area contributed by atoms with Crippen molar-refractivity contribution >= 4 is 34.4 Å². The zero-order valence-corrected chi connectivity index (χ0v) is 11.7. The molecule has 82 valence electrons. The molecule has 0 amide bonds. The Morgan fingerprint density at radius 2 is 2.13 bits per heavy atom. The van der Waals surface area contributed by atoms with Crippen molar-refractivity contribution in [2.45, 2.75) is 25.4 Å². The third kappa shape index (κ3) is 3.96. The first-order valence-corrected chi connectivity index (χ1v) is 7.63. The molecule has 0 saturated carbocycles. The maximum atomic E-state index is 3.63. The molecule has 0 aliphatic carbocycles. The van der Waals surface area contributed by atoms with Gasteiger partial charge in [-0.3, -0.25) is 0 Å². The molecule has 1 fully saturated rings. The zero-order valence-electron chi connectivity index (χ0n) is 8.71. The molecule has 3 heteroatoms. The third-order valence-corrected chi connectivity index (χ3v) is 4.60. The summed E-state index contributed by atoms with van der Waals surface area (Å²) in [5, 5.41) is 3.63. The number of hydrogen-bond acceptors (Lipinski definition) is 2. The van der Waals surface area contributed by atoms with E-state index >= 15 is 0 Å². The lowest BCUT2D eigenvalue weighted by Crippen LogP contribution is -2.33. The van der Waals surface area contributed by atoms with Crippen molar-refractivity contribution in [3.63, 3.8) is 0 Å². The maximum absolute atomic E-state index is 3.63. The smallest absolute Gasteiger partial charge is 0.0208 e. The Morgan fingerprint density at radius 1 is 1.33 bits per heavy atom. The van der Waals surface area contributed by atoms with Crippen LogP contribution in [-0.4, -0.2) is 17.5 Å². The van der Waals surface area contributed by atoms with Gasteiger partial charge in [-0.25, -0.2) is 0 Å². The summed E-state index contributed by atoms with van der Waals surface area (Å²) in [5.74, 6) is 2.63. The molecule has 1 aliphatic heterocycles. The van der Waals surface area contributed by atoms with Crippen LogP contribution in [-0.2, 0) is 6.54 Å². The van der Waals surface area contributed by atoms with Crippen molar-refractivity contribution in [1.82, 2.24) is 5.32 Å². The van der Waals surface area contributed by atoms with Crippen LogP contribution < -0.4 is 5.32 Å². The van der Waals surface area contributed by atoms with Gasteiger partial charge in [-0.15, -0.1) is 0 Å². The van der Waals surface area contributed by atoms with Gasteiger partial charge >= 0.3 is 0 Å². The fraction of sp³-hybridized carbons (Fsp3) is 0.500. The summed E-state index contributed by atoms with van der Waals surface area (Å²) in [4.78, 5) is 0. The summed E-state index contributed by atoms with van der Waals surface area (Å²) in [6.07, 6.45) is 2.71. The van der Waals surface area contributed by atoms with E-state index in [0.29, 0.717) is 0 Å². The minimum Gasteiger partial charge on any atom is -0.309 e. The van der Waals surface area contributed by atoms with Gasteiger partial charge in [-0.2, -0.15) is 11.8 Å². The Bertz CT molecular complexity index is 293. The lowest BCUT2D eigenvalue weighted by Gasteiger charge is -2.22. The zero-order chi connectivity index (χ0) is 10.5. The van der Waals surface area contributed by atoms with Crippen molar-refractivity contribution < 1.29 is 0 Å². The van der Waals surface area contributed by atoms with Crippen LogP contribution in [0.5, 0.6) is 0 Å². The van der Waals surface area contributed by atoms with E-state index in [2.05, 4.69) is 63.9 Å². The van der Waals surface area contributed by atoms with Crippen molar-refractivity contribution in [2.75, 3.05) is 11.5 Å². The maximum Gasteiger partial charge on any atom is 0.0208 e. The van der Waals surface area contributed by atoms with Gasteiger partial charge in [-0.05, 0) is 58.9 Å². The topological polar surface area (TPSA) is 12.0 Å². The van der Waals surface area contributed by atoms with Crippen molar-refractivity contribution in [2.24, 2.45) is 0 Å². The minimum absolute atomic E-state index is 0.725. The van der Waals surface area contributed by atoms with E-state index in [0.717, 1.165) is 12.6 Å². The van der Waals surface area contributed by atoms with Crippen molar-refractivity contribution in [1.29, 1.82) is 0 Å². The largest absolute Gasteiger partial charge is 0.309 e. The molecule has 0 bridgehead atoms. The van der Waals surface area contributed by atoms with E-state index < -0.39 is 0 Å². The van der Waals surface area contributed by atoms with Gasteiger partial charge in [0.25, 0.3) is 0 Å². The van der Waals surface area contributed by atoms with Crippen molar-refractivity contribution in [3.8, 4) is 0 Å². The van der Waals surface area contributed by atoms with E-state index in [4.69, 9.17) is 0 Å². The minimum atomic E-state index is 0.725. The van der Waals surface area contributed by atoms with Crippen LogP contribution in [0, 0.1) is 3.57 Å². The molecule has 1 unspecified atom stereocenters. The van der Waals surface area contributed by atoms with Gasteiger partial charge < -0.3 is 5.32 Å². The normalized spacial score (nSPS) is 21.5. The average molecular weight is 333 g/mol. The van der Waals surface area contributed by atoms with Crippen LogP contribution in [0.3, 0.4) is 0 Å². The molecule has 1 aliphatic rings. The van der Waals surface area contributed by atoms with Gasteiger partial charge in [-0.1, -0.05) is 12.1 Å². The number of nitrogens with one attached hydrogen (secondary N) is 1. The Kier molecular flexibility index (Phi) is 4.78. The molecule has 0 radical (unpaired) electrons. The van der Waals surface area contributed by atoms with E-state index in [-0.39, 0.29) is 0 Å². The highest BCUT2D eigenvalue weighted by molar-refractivity contribution is 14.1. The summed E-state index contributed by atoms with van der Waals surface area (Å²) in [6.45, 7) is 1.02. The second kappa shape index (κ2) is 6.11. The number of rotatable bonds is 3. The molecule has 1 N–H and O–H groups in total. The Morgan fingerprint density at radius 3 is 2.80 bits per heavy atom. The fourth-order valence-corrected chi connectivity index (χ4v) is 3.23. The first kappa shape index (κ1) is 11.7. The lowest BCUT2D eigenvalue weighted by atomic mass is 10.1. The molecule has 2 rings (SSSR count). The lowest BCUT2D eigenvalue weighted by molar-refractivity contribution is 0.507. The number of thioether (sulfide) groups is 1. The van der Waals surface area contributed by atoms with Crippen LogP contribution in [0.25, 0.3) is 0 Å². The van der Waals surface area contributed by atoms with Gasteiger partial charge in [0.2, 0.25) is 0 Å². The van der Waals surface area contributed by atoms with E-state index in [1.54, 1.807) is 0 Å². The van der Waals surface area contributed by atoms with Crippen LogP contribution in [0.2, 0.25) is 0 Å². The van der Waals surface area contributed by atoms with Gasteiger partial charge in [0.05, 0.1) is 0 Å². The first-order chi connectivity index (χ1) is 7.34. The molecular weight excluding hydrogens is 317 g/mol. The van der Waals surface area contributed by atoms with Crippen molar-refractivity contribution in [3.05, 3.63) is 33.4 Å². The second-order valence-electron chi connectivity index (χ2n) is 3.92. The number of benzene rings is 1. The summed E-state index contributed by atoms with van der Waals surface area (Å²) in [5.41, 5.74) is 1.39. The highest BCUT2D eigenvalue weighted by Crippen LogP contribution is 2.17. The summed E-state index contributed by atoms with van der Waals surface area (Å²) in [7, 11) is 0.